The molecule has 1 N–H and O–H groups in total. The Morgan fingerprint density at radius 2 is 2.36 bits per heavy atom. The van der Waals surface area contributed by atoms with Crippen molar-refractivity contribution < 1.29 is 14.3 Å². The predicted molar refractivity (Wildman–Crippen MR) is 52.1 cm³/mol. The molecule has 4 heteroatoms. The van der Waals surface area contributed by atoms with Crippen LogP contribution in [-0.4, -0.2) is 35.6 Å². The van der Waals surface area contributed by atoms with Gasteiger partial charge in [-0.1, -0.05) is 0 Å². The van der Waals surface area contributed by atoms with Crippen LogP contribution in [0.3, 0.4) is 0 Å². The standard InChI is InChI=1S/C10H15NO3/c1-3-11(4-5-12)10(13)9-6-8(2)14-7-9/h6-7,12H,3-5H2,1-2H3. The molecule has 0 atom stereocenters. The number of amides is 1. The summed E-state index contributed by atoms with van der Waals surface area (Å²) in [5.41, 5.74) is 0.540. The van der Waals surface area contributed by atoms with Crippen LogP contribution in [0.1, 0.15) is 23.0 Å². The molecule has 0 aliphatic rings. The first kappa shape index (κ1) is 10.8. The molecule has 0 aliphatic heterocycles. The normalized spacial score (nSPS) is 10.2. The highest BCUT2D eigenvalue weighted by Gasteiger charge is 2.15. The second kappa shape index (κ2) is 4.81. The fourth-order valence-electron chi connectivity index (χ4n) is 1.26. The van der Waals surface area contributed by atoms with E-state index in [1.807, 2.05) is 6.92 Å². The maximum Gasteiger partial charge on any atom is 0.257 e. The lowest BCUT2D eigenvalue weighted by atomic mass is 10.2. The van der Waals surface area contributed by atoms with Gasteiger partial charge in [-0.3, -0.25) is 4.79 Å². The van der Waals surface area contributed by atoms with E-state index in [0.717, 1.165) is 0 Å². The molecule has 0 spiro atoms. The minimum Gasteiger partial charge on any atom is -0.469 e. The van der Waals surface area contributed by atoms with Crippen LogP contribution in [0.4, 0.5) is 0 Å². The molecule has 1 rings (SSSR count). The van der Waals surface area contributed by atoms with E-state index in [1.54, 1.807) is 17.9 Å². The minimum atomic E-state index is -0.0987. The first-order valence-corrected chi connectivity index (χ1v) is 4.64. The number of aliphatic hydroxyl groups is 1. The first-order valence-electron chi connectivity index (χ1n) is 4.64. The van der Waals surface area contributed by atoms with Gasteiger partial charge in [-0.2, -0.15) is 0 Å². The van der Waals surface area contributed by atoms with E-state index in [1.165, 1.54) is 6.26 Å². The van der Waals surface area contributed by atoms with Gasteiger partial charge in [0.25, 0.3) is 5.91 Å². The van der Waals surface area contributed by atoms with Crippen molar-refractivity contribution >= 4 is 5.91 Å². The van der Waals surface area contributed by atoms with Crippen molar-refractivity contribution in [1.82, 2.24) is 4.90 Å². The Morgan fingerprint density at radius 1 is 1.64 bits per heavy atom. The van der Waals surface area contributed by atoms with Crippen molar-refractivity contribution in [2.75, 3.05) is 19.7 Å². The molecule has 14 heavy (non-hydrogen) atoms. The number of aryl methyl sites for hydroxylation is 1. The zero-order valence-electron chi connectivity index (χ0n) is 8.49. The quantitative estimate of drug-likeness (QED) is 0.784. The molecule has 1 heterocycles. The summed E-state index contributed by atoms with van der Waals surface area (Å²) in [4.78, 5) is 13.3. The third-order valence-electron chi connectivity index (χ3n) is 2.02. The van der Waals surface area contributed by atoms with Crippen LogP contribution in [0.25, 0.3) is 0 Å². The van der Waals surface area contributed by atoms with E-state index >= 15 is 0 Å². The van der Waals surface area contributed by atoms with Crippen LogP contribution in [0.2, 0.25) is 0 Å². The SMILES string of the molecule is CCN(CCO)C(=O)c1coc(C)c1. The number of likely N-dealkylation sites (N-methyl/N-ethyl adjacent to an activating group) is 1. The molecule has 0 bridgehead atoms. The van der Waals surface area contributed by atoms with Crippen molar-refractivity contribution in [1.29, 1.82) is 0 Å². The molecule has 0 fully saturated rings. The van der Waals surface area contributed by atoms with Gasteiger partial charge in [0.05, 0.1) is 12.2 Å². The minimum absolute atomic E-state index is 0.0174. The van der Waals surface area contributed by atoms with Crippen molar-refractivity contribution in [3.05, 3.63) is 23.7 Å². The molecule has 1 aromatic heterocycles. The van der Waals surface area contributed by atoms with Crippen molar-refractivity contribution in [3.8, 4) is 0 Å². The van der Waals surface area contributed by atoms with Gasteiger partial charge in [0, 0.05) is 13.1 Å². The lowest BCUT2D eigenvalue weighted by Crippen LogP contribution is -2.33. The Balaban J connectivity index is 2.72. The topological polar surface area (TPSA) is 53.7 Å². The highest BCUT2D eigenvalue weighted by molar-refractivity contribution is 5.94. The molecule has 0 saturated carbocycles. The Hall–Kier alpha value is -1.29. The third-order valence-corrected chi connectivity index (χ3v) is 2.02. The molecular formula is C10H15NO3. The number of hydrogen-bond acceptors (Lipinski definition) is 3. The van der Waals surface area contributed by atoms with Crippen LogP contribution in [0.5, 0.6) is 0 Å². The molecule has 0 radical (unpaired) electrons. The van der Waals surface area contributed by atoms with Gasteiger partial charge in [-0.15, -0.1) is 0 Å². The fraction of sp³-hybridized carbons (Fsp3) is 0.500. The second-order valence-corrected chi connectivity index (χ2v) is 3.05. The molecule has 4 nitrogen and oxygen atoms in total. The summed E-state index contributed by atoms with van der Waals surface area (Å²) < 4.78 is 5.05. The maximum absolute atomic E-state index is 11.7. The average Bonchev–Trinajstić information content (AvgIpc) is 2.60. The Labute approximate surface area is 83.1 Å². The summed E-state index contributed by atoms with van der Waals surface area (Å²) in [5.74, 6) is 0.617. The first-order chi connectivity index (χ1) is 6.69. The highest BCUT2D eigenvalue weighted by atomic mass is 16.3. The third kappa shape index (κ3) is 2.35. The van der Waals surface area contributed by atoms with Crippen molar-refractivity contribution in [3.63, 3.8) is 0 Å². The molecule has 0 aliphatic carbocycles. The summed E-state index contributed by atoms with van der Waals surface area (Å²) in [6.07, 6.45) is 1.44. The number of carbonyl (C=O) groups excluding carboxylic acids is 1. The van der Waals surface area contributed by atoms with Crippen molar-refractivity contribution in [2.24, 2.45) is 0 Å². The molecule has 0 unspecified atom stereocenters. The molecule has 78 valence electrons. The Morgan fingerprint density at radius 3 is 2.79 bits per heavy atom. The summed E-state index contributed by atoms with van der Waals surface area (Å²) in [6, 6.07) is 1.70. The monoisotopic (exact) mass is 197 g/mol. The lowest BCUT2D eigenvalue weighted by molar-refractivity contribution is 0.0731. The Kier molecular flexibility index (Phi) is 3.71. The van der Waals surface area contributed by atoms with Gasteiger partial charge in [-0.05, 0) is 19.9 Å². The van der Waals surface area contributed by atoms with Crippen LogP contribution in [0, 0.1) is 6.92 Å². The number of carbonyl (C=O) groups is 1. The van der Waals surface area contributed by atoms with E-state index < -0.39 is 0 Å². The number of rotatable bonds is 4. The Bertz CT molecular complexity index is 306. The van der Waals surface area contributed by atoms with Gasteiger partial charge >= 0.3 is 0 Å². The van der Waals surface area contributed by atoms with Crippen molar-refractivity contribution in [2.45, 2.75) is 13.8 Å². The summed E-state index contributed by atoms with van der Waals surface area (Å²) in [5, 5.41) is 8.75. The summed E-state index contributed by atoms with van der Waals surface area (Å²) in [6.45, 7) is 4.60. The van der Waals surface area contributed by atoms with Crippen LogP contribution in [0.15, 0.2) is 16.7 Å². The largest absolute Gasteiger partial charge is 0.469 e. The number of furan rings is 1. The van der Waals surface area contributed by atoms with Gasteiger partial charge in [0.15, 0.2) is 0 Å². The average molecular weight is 197 g/mol. The fourth-order valence-corrected chi connectivity index (χ4v) is 1.26. The van der Waals surface area contributed by atoms with E-state index in [-0.39, 0.29) is 12.5 Å². The van der Waals surface area contributed by atoms with Crippen LogP contribution >= 0.6 is 0 Å². The molecular weight excluding hydrogens is 182 g/mol. The summed E-state index contributed by atoms with van der Waals surface area (Å²) >= 11 is 0. The second-order valence-electron chi connectivity index (χ2n) is 3.05. The van der Waals surface area contributed by atoms with Gasteiger partial charge in [0.1, 0.15) is 12.0 Å². The zero-order valence-corrected chi connectivity index (χ0v) is 8.49. The van der Waals surface area contributed by atoms with E-state index in [9.17, 15) is 4.79 Å². The molecule has 0 aromatic carbocycles. The van der Waals surface area contributed by atoms with Gasteiger partial charge in [-0.25, -0.2) is 0 Å². The smallest absolute Gasteiger partial charge is 0.257 e. The van der Waals surface area contributed by atoms with Crippen LogP contribution < -0.4 is 0 Å². The molecule has 1 aromatic rings. The van der Waals surface area contributed by atoms with Gasteiger partial charge < -0.3 is 14.4 Å². The predicted octanol–water partition coefficient (Wildman–Crippen LogP) is 1.04. The van der Waals surface area contributed by atoms with Gasteiger partial charge in [0.2, 0.25) is 0 Å². The van der Waals surface area contributed by atoms with E-state index in [4.69, 9.17) is 9.52 Å². The van der Waals surface area contributed by atoms with Crippen LogP contribution in [-0.2, 0) is 0 Å². The zero-order chi connectivity index (χ0) is 10.6. The number of nitrogens with zero attached hydrogens (tertiary/aromatic N) is 1. The number of aliphatic hydroxyl groups excluding tert-OH is 1. The maximum atomic E-state index is 11.7. The highest BCUT2D eigenvalue weighted by Crippen LogP contribution is 2.09. The molecule has 1 amide bonds. The van der Waals surface area contributed by atoms with E-state index in [0.29, 0.717) is 24.4 Å². The number of hydrogen-bond donors (Lipinski definition) is 1. The summed E-state index contributed by atoms with van der Waals surface area (Å²) in [7, 11) is 0. The molecule has 0 saturated heterocycles. The lowest BCUT2D eigenvalue weighted by Gasteiger charge is -2.18. The van der Waals surface area contributed by atoms with E-state index in [2.05, 4.69) is 0 Å².